The lowest BCUT2D eigenvalue weighted by atomic mass is 10.00. The van der Waals surface area contributed by atoms with Crippen molar-refractivity contribution < 1.29 is 18.3 Å². The molecular formula is C13H18ClF3N2O. The molecule has 1 atom stereocenters. The fourth-order valence-corrected chi connectivity index (χ4v) is 2.50. The Morgan fingerprint density at radius 2 is 1.70 bits per heavy atom. The Hall–Kier alpha value is -0.820. The zero-order valence-electron chi connectivity index (χ0n) is 10.9. The summed E-state index contributed by atoms with van der Waals surface area (Å²) in [6, 6.07) is 0.809. The molecule has 0 spiro atoms. The Balaban J connectivity index is 0.00000200. The fraction of sp³-hybridized carbons (Fsp3) is 0.538. The van der Waals surface area contributed by atoms with Crippen molar-refractivity contribution in [3.63, 3.8) is 0 Å². The van der Waals surface area contributed by atoms with Gasteiger partial charge in [-0.1, -0.05) is 0 Å². The number of hydrogen-bond acceptors (Lipinski definition) is 3. The van der Waals surface area contributed by atoms with E-state index >= 15 is 0 Å². The molecule has 1 saturated heterocycles. The lowest BCUT2D eigenvalue weighted by Crippen LogP contribution is -2.45. The van der Waals surface area contributed by atoms with E-state index in [1.165, 1.54) is 0 Å². The van der Waals surface area contributed by atoms with Gasteiger partial charge in [-0.25, -0.2) is 13.2 Å². The lowest BCUT2D eigenvalue weighted by Gasteiger charge is -2.35. The van der Waals surface area contributed by atoms with Crippen molar-refractivity contribution in [1.82, 2.24) is 10.2 Å². The molecule has 20 heavy (non-hydrogen) atoms. The van der Waals surface area contributed by atoms with E-state index in [1.807, 2.05) is 4.90 Å². The van der Waals surface area contributed by atoms with E-state index in [1.54, 1.807) is 0 Å². The van der Waals surface area contributed by atoms with Crippen LogP contribution in [0.25, 0.3) is 0 Å². The summed E-state index contributed by atoms with van der Waals surface area (Å²) < 4.78 is 40.6. The zero-order chi connectivity index (χ0) is 13.8. The predicted molar refractivity (Wildman–Crippen MR) is 72.5 cm³/mol. The molecule has 0 amide bonds. The highest BCUT2D eigenvalue weighted by atomic mass is 35.5. The van der Waals surface area contributed by atoms with E-state index in [2.05, 4.69) is 5.32 Å². The van der Waals surface area contributed by atoms with E-state index in [-0.39, 0.29) is 31.0 Å². The average molecular weight is 311 g/mol. The molecule has 1 aromatic carbocycles. The van der Waals surface area contributed by atoms with Gasteiger partial charge in [0, 0.05) is 56.5 Å². The Bertz CT molecular complexity index is 419. The number of rotatable bonds is 4. The predicted octanol–water partition coefficient (Wildman–Crippen LogP) is 1.85. The SMILES string of the molecule is Cl.OCC[C@@H](c1c(F)cc(F)cc1F)N1CCNCC1. The maximum Gasteiger partial charge on any atom is 0.133 e. The number of nitrogens with one attached hydrogen (secondary N) is 1. The summed E-state index contributed by atoms with van der Waals surface area (Å²) >= 11 is 0. The molecule has 0 radical (unpaired) electrons. The molecule has 0 aromatic heterocycles. The Labute approximate surface area is 122 Å². The molecule has 1 aliphatic heterocycles. The number of aliphatic hydroxyl groups excluding tert-OH is 1. The summed E-state index contributed by atoms with van der Waals surface area (Å²) in [6.07, 6.45) is 0.222. The monoisotopic (exact) mass is 310 g/mol. The highest BCUT2D eigenvalue weighted by Gasteiger charge is 2.27. The summed E-state index contributed by atoms with van der Waals surface area (Å²) in [4.78, 5) is 1.91. The van der Waals surface area contributed by atoms with Crippen molar-refractivity contribution in [2.45, 2.75) is 12.5 Å². The summed E-state index contributed by atoms with van der Waals surface area (Å²) in [5, 5.41) is 12.3. The third-order valence-electron chi connectivity index (χ3n) is 3.37. The number of benzene rings is 1. The van der Waals surface area contributed by atoms with Crippen LogP contribution < -0.4 is 5.32 Å². The topological polar surface area (TPSA) is 35.5 Å². The molecule has 114 valence electrons. The maximum absolute atomic E-state index is 13.8. The second kappa shape index (κ2) is 7.83. The first-order chi connectivity index (χ1) is 9.13. The number of nitrogens with zero attached hydrogens (tertiary/aromatic N) is 1. The minimum absolute atomic E-state index is 0. The van der Waals surface area contributed by atoms with Gasteiger partial charge >= 0.3 is 0 Å². The third kappa shape index (κ3) is 3.85. The minimum atomic E-state index is -0.929. The van der Waals surface area contributed by atoms with Gasteiger partial charge in [-0.2, -0.15) is 0 Å². The second-order valence-corrected chi connectivity index (χ2v) is 4.60. The van der Waals surface area contributed by atoms with E-state index in [0.717, 1.165) is 13.1 Å². The van der Waals surface area contributed by atoms with Gasteiger partial charge in [0.2, 0.25) is 0 Å². The molecule has 1 aliphatic rings. The molecular weight excluding hydrogens is 293 g/mol. The van der Waals surface area contributed by atoms with Gasteiger partial charge in [0.05, 0.1) is 0 Å². The molecule has 7 heteroatoms. The standard InChI is InChI=1S/C13H17F3N2O.ClH/c14-9-7-10(15)13(11(16)8-9)12(1-6-19)18-4-2-17-3-5-18;/h7-8,12,17,19H,1-6H2;1H/t12-;/m0./s1. The van der Waals surface area contributed by atoms with E-state index in [9.17, 15) is 13.2 Å². The molecule has 1 aromatic rings. The minimum Gasteiger partial charge on any atom is -0.396 e. The summed E-state index contributed by atoms with van der Waals surface area (Å²) in [7, 11) is 0. The van der Waals surface area contributed by atoms with Crippen molar-refractivity contribution in [1.29, 1.82) is 0 Å². The molecule has 2 N–H and O–H groups in total. The molecule has 3 nitrogen and oxygen atoms in total. The van der Waals surface area contributed by atoms with Crippen LogP contribution in [0.2, 0.25) is 0 Å². The average Bonchev–Trinajstić information content (AvgIpc) is 2.37. The van der Waals surface area contributed by atoms with E-state index in [0.29, 0.717) is 25.2 Å². The molecule has 1 heterocycles. The van der Waals surface area contributed by atoms with Crippen molar-refractivity contribution in [3.05, 3.63) is 35.1 Å². The maximum atomic E-state index is 13.8. The number of aliphatic hydroxyl groups is 1. The van der Waals surface area contributed by atoms with Crippen LogP contribution in [0.1, 0.15) is 18.0 Å². The molecule has 1 fully saturated rings. The van der Waals surface area contributed by atoms with Crippen molar-refractivity contribution >= 4 is 12.4 Å². The van der Waals surface area contributed by atoms with Crippen LogP contribution in [0.5, 0.6) is 0 Å². The van der Waals surface area contributed by atoms with Crippen LogP contribution in [0.15, 0.2) is 12.1 Å². The second-order valence-electron chi connectivity index (χ2n) is 4.60. The van der Waals surface area contributed by atoms with Crippen molar-refractivity contribution in [2.24, 2.45) is 0 Å². The lowest BCUT2D eigenvalue weighted by molar-refractivity contribution is 0.135. The van der Waals surface area contributed by atoms with Crippen LogP contribution in [0, 0.1) is 17.5 Å². The van der Waals surface area contributed by atoms with Gasteiger partial charge < -0.3 is 10.4 Å². The smallest absolute Gasteiger partial charge is 0.133 e. The van der Waals surface area contributed by atoms with Crippen molar-refractivity contribution in [2.75, 3.05) is 32.8 Å². The largest absolute Gasteiger partial charge is 0.396 e. The van der Waals surface area contributed by atoms with E-state index < -0.39 is 23.5 Å². The Morgan fingerprint density at radius 1 is 1.15 bits per heavy atom. The number of piperazine rings is 1. The number of hydrogen-bond donors (Lipinski definition) is 2. The normalized spacial score (nSPS) is 17.6. The first-order valence-electron chi connectivity index (χ1n) is 6.33. The summed E-state index contributed by atoms with van der Waals surface area (Å²) in [5.74, 6) is -2.72. The van der Waals surface area contributed by atoms with Crippen molar-refractivity contribution in [3.8, 4) is 0 Å². The molecule has 2 rings (SSSR count). The van der Waals surface area contributed by atoms with Crippen LogP contribution in [-0.2, 0) is 0 Å². The van der Waals surface area contributed by atoms with Crippen LogP contribution in [0.4, 0.5) is 13.2 Å². The third-order valence-corrected chi connectivity index (χ3v) is 3.37. The quantitative estimate of drug-likeness (QED) is 0.891. The van der Waals surface area contributed by atoms with E-state index in [4.69, 9.17) is 5.11 Å². The fourth-order valence-electron chi connectivity index (χ4n) is 2.50. The highest BCUT2D eigenvalue weighted by molar-refractivity contribution is 5.85. The van der Waals surface area contributed by atoms with Gasteiger partial charge in [0.15, 0.2) is 0 Å². The van der Waals surface area contributed by atoms with Crippen LogP contribution >= 0.6 is 12.4 Å². The van der Waals surface area contributed by atoms with Gasteiger partial charge in [-0.15, -0.1) is 12.4 Å². The molecule has 0 unspecified atom stereocenters. The molecule has 0 bridgehead atoms. The van der Waals surface area contributed by atoms with Crippen LogP contribution in [0.3, 0.4) is 0 Å². The van der Waals surface area contributed by atoms with Gasteiger partial charge in [0.1, 0.15) is 17.5 Å². The van der Waals surface area contributed by atoms with Gasteiger partial charge in [-0.3, -0.25) is 4.90 Å². The highest BCUT2D eigenvalue weighted by Crippen LogP contribution is 2.29. The Kier molecular flexibility index (Phi) is 6.75. The Morgan fingerprint density at radius 3 is 2.20 bits per heavy atom. The molecule has 0 saturated carbocycles. The summed E-state index contributed by atoms with van der Waals surface area (Å²) in [6.45, 7) is 2.56. The van der Waals surface area contributed by atoms with Gasteiger partial charge in [0.25, 0.3) is 0 Å². The summed E-state index contributed by atoms with van der Waals surface area (Å²) in [5.41, 5.74) is -0.155. The zero-order valence-corrected chi connectivity index (χ0v) is 11.7. The van der Waals surface area contributed by atoms with Crippen LogP contribution in [-0.4, -0.2) is 42.8 Å². The molecule has 0 aliphatic carbocycles. The number of halogens is 4. The van der Waals surface area contributed by atoms with Gasteiger partial charge in [-0.05, 0) is 6.42 Å². The first kappa shape index (κ1) is 17.2. The first-order valence-corrected chi connectivity index (χ1v) is 6.33.